The predicted octanol–water partition coefficient (Wildman–Crippen LogP) is 1.03. The van der Waals surface area contributed by atoms with Crippen LogP contribution in [0.1, 0.15) is 12.6 Å². The SMILES string of the molecule is C=C(C)c1cnc(N)[nH]1. The molecule has 0 spiro atoms. The van der Waals surface area contributed by atoms with Gasteiger partial charge in [-0.15, -0.1) is 0 Å². The van der Waals surface area contributed by atoms with E-state index in [1.807, 2.05) is 6.92 Å². The average Bonchev–Trinajstić information content (AvgIpc) is 2.14. The van der Waals surface area contributed by atoms with E-state index in [9.17, 15) is 0 Å². The molecule has 0 saturated heterocycles. The number of aromatic nitrogens is 2. The first-order chi connectivity index (χ1) is 4.20. The topological polar surface area (TPSA) is 54.7 Å². The number of aromatic amines is 1. The number of H-pyrrole nitrogens is 1. The number of nitrogens with one attached hydrogen (secondary N) is 1. The van der Waals surface area contributed by atoms with Gasteiger partial charge in [0.25, 0.3) is 0 Å². The summed E-state index contributed by atoms with van der Waals surface area (Å²) in [5.74, 6) is 0.438. The van der Waals surface area contributed by atoms with Crippen molar-refractivity contribution >= 4 is 11.5 Å². The maximum atomic E-state index is 5.31. The highest BCUT2D eigenvalue weighted by Gasteiger charge is 1.94. The summed E-state index contributed by atoms with van der Waals surface area (Å²) in [4.78, 5) is 6.64. The number of anilines is 1. The summed E-state index contributed by atoms with van der Waals surface area (Å²) in [6.45, 7) is 5.61. The Kier molecular flexibility index (Phi) is 1.26. The Hall–Kier alpha value is -1.25. The van der Waals surface area contributed by atoms with Gasteiger partial charge in [-0.25, -0.2) is 4.98 Å². The first-order valence-corrected chi connectivity index (χ1v) is 2.66. The number of nitrogens with two attached hydrogens (primary N) is 1. The van der Waals surface area contributed by atoms with Crippen molar-refractivity contribution in [1.82, 2.24) is 9.97 Å². The molecule has 9 heavy (non-hydrogen) atoms. The molecule has 0 saturated carbocycles. The molecule has 0 bridgehead atoms. The molecular weight excluding hydrogens is 114 g/mol. The van der Waals surface area contributed by atoms with Gasteiger partial charge in [0.1, 0.15) is 0 Å². The third kappa shape index (κ3) is 1.10. The van der Waals surface area contributed by atoms with Gasteiger partial charge in [-0.05, 0) is 12.5 Å². The van der Waals surface area contributed by atoms with Crippen molar-refractivity contribution in [2.75, 3.05) is 5.73 Å². The summed E-state index contributed by atoms with van der Waals surface area (Å²) >= 11 is 0. The van der Waals surface area contributed by atoms with Gasteiger partial charge in [0, 0.05) is 0 Å². The van der Waals surface area contributed by atoms with Crippen molar-refractivity contribution in [2.24, 2.45) is 0 Å². The highest BCUT2D eigenvalue weighted by atomic mass is 15.0. The fourth-order valence-electron chi connectivity index (χ4n) is 0.554. The molecule has 0 radical (unpaired) electrons. The molecule has 0 atom stereocenters. The number of rotatable bonds is 1. The third-order valence-corrected chi connectivity index (χ3v) is 1.06. The minimum absolute atomic E-state index is 0.438. The van der Waals surface area contributed by atoms with Crippen molar-refractivity contribution in [3.05, 3.63) is 18.5 Å². The van der Waals surface area contributed by atoms with Crippen LogP contribution in [0.2, 0.25) is 0 Å². The second kappa shape index (κ2) is 1.93. The maximum Gasteiger partial charge on any atom is 0.197 e. The predicted molar refractivity (Wildman–Crippen MR) is 37.7 cm³/mol. The zero-order chi connectivity index (χ0) is 6.85. The van der Waals surface area contributed by atoms with Gasteiger partial charge in [0.15, 0.2) is 5.95 Å². The van der Waals surface area contributed by atoms with Crippen molar-refractivity contribution in [3.63, 3.8) is 0 Å². The monoisotopic (exact) mass is 123 g/mol. The Bertz CT molecular complexity index is 224. The summed E-state index contributed by atoms with van der Waals surface area (Å²) < 4.78 is 0. The van der Waals surface area contributed by atoms with E-state index < -0.39 is 0 Å². The lowest BCUT2D eigenvalue weighted by molar-refractivity contribution is 1.31. The Morgan fingerprint density at radius 3 is 2.78 bits per heavy atom. The summed E-state index contributed by atoms with van der Waals surface area (Å²) in [5, 5.41) is 0. The normalized spacial score (nSPS) is 9.44. The number of hydrogen-bond acceptors (Lipinski definition) is 2. The number of nitrogen functional groups attached to an aromatic ring is 1. The highest BCUT2D eigenvalue weighted by molar-refractivity contribution is 5.58. The average molecular weight is 123 g/mol. The zero-order valence-corrected chi connectivity index (χ0v) is 5.31. The van der Waals surface area contributed by atoms with Gasteiger partial charge in [0.2, 0.25) is 0 Å². The third-order valence-electron chi connectivity index (χ3n) is 1.06. The smallest absolute Gasteiger partial charge is 0.197 e. The number of imidazole rings is 1. The molecule has 0 aromatic carbocycles. The van der Waals surface area contributed by atoms with E-state index in [0.717, 1.165) is 11.3 Å². The van der Waals surface area contributed by atoms with Crippen molar-refractivity contribution in [3.8, 4) is 0 Å². The second-order valence-electron chi connectivity index (χ2n) is 1.96. The maximum absolute atomic E-state index is 5.31. The minimum Gasteiger partial charge on any atom is -0.369 e. The van der Waals surface area contributed by atoms with Crippen LogP contribution < -0.4 is 5.73 Å². The molecule has 0 aliphatic heterocycles. The molecule has 0 aliphatic carbocycles. The molecule has 1 rings (SSSR count). The number of nitrogens with zero attached hydrogens (tertiary/aromatic N) is 1. The number of hydrogen-bond donors (Lipinski definition) is 2. The standard InChI is InChI=1S/C6H9N3/c1-4(2)5-3-8-6(7)9-5/h3H,1H2,2H3,(H3,7,8,9). The second-order valence-corrected chi connectivity index (χ2v) is 1.96. The van der Waals surface area contributed by atoms with Crippen molar-refractivity contribution in [2.45, 2.75) is 6.92 Å². The Labute approximate surface area is 53.6 Å². The molecule has 3 heteroatoms. The van der Waals surface area contributed by atoms with Crippen molar-refractivity contribution in [1.29, 1.82) is 0 Å². The molecule has 3 N–H and O–H groups in total. The van der Waals surface area contributed by atoms with E-state index in [4.69, 9.17) is 5.73 Å². The van der Waals surface area contributed by atoms with Crippen LogP contribution in [0, 0.1) is 0 Å². The zero-order valence-electron chi connectivity index (χ0n) is 5.31. The van der Waals surface area contributed by atoms with Crippen LogP contribution in [0.3, 0.4) is 0 Å². The Balaban J connectivity index is 2.98. The Morgan fingerprint density at radius 2 is 2.56 bits per heavy atom. The molecule has 0 aliphatic rings. The lowest BCUT2D eigenvalue weighted by Gasteiger charge is -1.88. The molecule has 1 aromatic rings. The minimum atomic E-state index is 0.438. The lowest BCUT2D eigenvalue weighted by Crippen LogP contribution is -1.85. The van der Waals surface area contributed by atoms with E-state index in [1.54, 1.807) is 6.20 Å². The molecule has 1 heterocycles. The first kappa shape index (κ1) is 5.88. The van der Waals surface area contributed by atoms with Crippen LogP contribution in [0.4, 0.5) is 5.95 Å². The van der Waals surface area contributed by atoms with Crippen LogP contribution in [0.25, 0.3) is 5.57 Å². The van der Waals surface area contributed by atoms with Crippen LogP contribution in [-0.4, -0.2) is 9.97 Å². The fourth-order valence-corrected chi connectivity index (χ4v) is 0.554. The Morgan fingerprint density at radius 1 is 1.89 bits per heavy atom. The highest BCUT2D eigenvalue weighted by Crippen LogP contribution is 2.07. The van der Waals surface area contributed by atoms with Crippen LogP contribution in [0.5, 0.6) is 0 Å². The van der Waals surface area contributed by atoms with E-state index in [1.165, 1.54) is 0 Å². The molecule has 1 aromatic heterocycles. The van der Waals surface area contributed by atoms with Gasteiger partial charge >= 0.3 is 0 Å². The van der Waals surface area contributed by atoms with Gasteiger partial charge in [-0.3, -0.25) is 0 Å². The molecule has 0 unspecified atom stereocenters. The summed E-state index contributed by atoms with van der Waals surface area (Å²) in [6.07, 6.45) is 1.66. The summed E-state index contributed by atoms with van der Waals surface area (Å²) in [6, 6.07) is 0. The van der Waals surface area contributed by atoms with Crippen LogP contribution in [-0.2, 0) is 0 Å². The number of allylic oxidation sites excluding steroid dienone is 1. The van der Waals surface area contributed by atoms with Crippen LogP contribution >= 0.6 is 0 Å². The largest absolute Gasteiger partial charge is 0.369 e. The van der Waals surface area contributed by atoms with Gasteiger partial charge in [0.05, 0.1) is 11.9 Å². The molecule has 48 valence electrons. The van der Waals surface area contributed by atoms with E-state index >= 15 is 0 Å². The van der Waals surface area contributed by atoms with Crippen LogP contribution in [0.15, 0.2) is 12.8 Å². The van der Waals surface area contributed by atoms with E-state index in [-0.39, 0.29) is 0 Å². The molecular formula is C6H9N3. The van der Waals surface area contributed by atoms with E-state index in [0.29, 0.717) is 5.95 Å². The molecule has 0 fully saturated rings. The van der Waals surface area contributed by atoms with E-state index in [2.05, 4.69) is 16.5 Å². The quantitative estimate of drug-likeness (QED) is 0.585. The van der Waals surface area contributed by atoms with Crippen molar-refractivity contribution < 1.29 is 0 Å². The summed E-state index contributed by atoms with van der Waals surface area (Å²) in [7, 11) is 0. The fraction of sp³-hybridized carbons (Fsp3) is 0.167. The lowest BCUT2D eigenvalue weighted by atomic mass is 10.3. The van der Waals surface area contributed by atoms with Gasteiger partial charge in [-0.1, -0.05) is 6.58 Å². The van der Waals surface area contributed by atoms with Gasteiger partial charge < -0.3 is 10.7 Å². The van der Waals surface area contributed by atoms with Gasteiger partial charge in [-0.2, -0.15) is 0 Å². The molecule has 0 amide bonds. The summed E-state index contributed by atoms with van der Waals surface area (Å²) in [5.41, 5.74) is 7.15. The molecule has 3 nitrogen and oxygen atoms in total. The first-order valence-electron chi connectivity index (χ1n) is 2.66.